The molecule has 0 aromatic carbocycles. The van der Waals surface area contributed by atoms with E-state index in [9.17, 15) is 0 Å². The number of thiophene rings is 2. The molecule has 0 aliphatic rings. The molecule has 1 N–H and O–H groups in total. The van der Waals surface area contributed by atoms with Gasteiger partial charge in [0.25, 0.3) is 0 Å². The minimum atomic E-state index is 0.327. The van der Waals surface area contributed by atoms with E-state index in [-0.39, 0.29) is 0 Å². The van der Waals surface area contributed by atoms with Gasteiger partial charge in [0.05, 0.1) is 6.04 Å². The van der Waals surface area contributed by atoms with Crippen LogP contribution in [0.5, 0.6) is 0 Å². The SMILES string of the molecule is CC#CCCNC(c1cccs1)c1cccs1. The van der Waals surface area contributed by atoms with Crippen LogP contribution in [0.1, 0.15) is 29.1 Å². The van der Waals surface area contributed by atoms with Crippen molar-refractivity contribution in [2.75, 3.05) is 6.54 Å². The van der Waals surface area contributed by atoms with Gasteiger partial charge in [-0.1, -0.05) is 12.1 Å². The monoisotopic (exact) mass is 261 g/mol. The van der Waals surface area contributed by atoms with Crippen molar-refractivity contribution in [1.82, 2.24) is 5.32 Å². The lowest BCUT2D eigenvalue weighted by atomic mass is 10.2. The fourth-order valence-electron chi connectivity index (χ4n) is 1.66. The predicted molar refractivity (Wildman–Crippen MR) is 76.6 cm³/mol. The quantitative estimate of drug-likeness (QED) is 0.636. The highest BCUT2D eigenvalue weighted by molar-refractivity contribution is 7.11. The summed E-state index contributed by atoms with van der Waals surface area (Å²) in [6.45, 7) is 2.82. The van der Waals surface area contributed by atoms with Gasteiger partial charge in [0.2, 0.25) is 0 Å². The highest BCUT2D eigenvalue weighted by Gasteiger charge is 2.14. The van der Waals surface area contributed by atoms with Crippen molar-refractivity contribution >= 4 is 22.7 Å². The van der Waals surface area contributed by atoms with Crippen molar-refractivity contribution in [2.24, 2.45) is 0 Å². The molecule has 2 aromatic heterocycles. The van der Waals surface area contributed by atoms with Gasteiger partial charge in [-0.25, -0.2) is 0 Å². The third kappa shape index (κ3) is 3.44. The van der Waals surface area contributed by atoms with E-state index < -0.39 is 0 Å². The maximum Gasteiger partial charge on any atom is 0.0765 e. The van der Waals surface area contributed by atoms with Gasteiger partial charge in [-0.2, -0.15) is 0 Å². The van der Waals surface area contributed by atoms with Gasteiger partial charge in [0.15, 0.2) is 0 Å². The third-order valence-electron chi connectivity index (χ3n) is 2.43. The summed E-state index contributed by atoms with van der Waals surface area (Å²) in [5.74, 6) is 6.01. The van der Waals surface area contributed by atoms with E-state index in [2.05, 4.69) is 52.2 Å². The summed E-state index contributed by atoms with van der Waals surface area (Å²) < 4.78 is 0. The molecule has 17 heavy (non-hydrogen) atoms. The van der Waals surface area contributed by atoms with Crippen molar-refractivity contribution in [3.05, 3.63) is 44.8 Å². The lowest BCUT2D eigenvalue weighted by molar-refractivity contribution is 0.631. The van der Waals surface area contributed by atoms with Gasteiger partial charge < -0.3 is 5.32 Å². The maximum atomic E-state index is 3.58. The molecule has 2 heterocycles. The molecular formula is C14H15NS2. The Hall–Kier alpha value is -1.08. The first kappa shape index (κ1) is 12.4. The molecule has 0 aliphatic heterocycles. The molecule has 3 heteroatoms. The zero-order valence-corrected chi connectivity index (χ0v) is 11.4. The van der Waals surface area contributed by atoms with Crippen molar-refractivity contribution in [3.8, 4) is 11.8 Å². The minimum absolute atomic E-state index is 0.327. The molecule has 0 radical (unpaired) electrons. The van der Waals surface area contributed by atoms with Crippen LogP contribution in [-0.2, 0) is 0 Å². The topological polar surface area (TPSA) is 12.0 Å². The zero-order chi connectivity index (χ0) is 11.9. The van der Waals surface area contributed by atoms with Crippen LogP contribution in [-0.4, -0.2) is 6.54 Å². The molecular weight excluding hydrogens is 246 g/mol. The average molecular weight is 261 g/mol. The van der Waals surface area contributed by atoms with Gasteiger partial charge >= 0.3 is 0 Å². The van der Waals surface area contributed by atoms with E-state index in [0.717, 1.165) is 13.0 Å². The molecule has 0 spiro atoms. The van der Waals surface area contributed by atoms with Crippen LogP contribution in [0.3, 0.4) is 0 Å². The van der Waals surface area contributed by atoms with Crippen molar-refractivity contribution in [2.45, 2.75) is 19.4 Å². The molecule has 0 aliphatic carbocycles. The van der Waals surface area contributed by atoms with Crippen molar-refractivity contribution < 1.29 is 0 Å². The number of nitrogens with one attached hydrogen (secondary N) is 1. The standard InChI is InChI=1S/C14H15NS2/c1-2-3-4-9-15-14(12-7-5-10-16-12)13-8-6-11-17-13/h5-8,10-11,14-15H,4,9H2,1H3. The Morgan fingerprint density at radius 1 is 1.18 bits per heavy atom. The minimum Gasteiger partial charge on any atom is -0.304 e. The summed E-state index contributed by atoms with van der Waals surface area (Å²) in [5.41, 5.74) is 0. The van der Waals surface area contributed by atoms with Crippen LogP contribution in [0.2, 0.25) is 0 Å². The van der Waals surface area contributed by atoms with Gasteiger partial charge in [0.1, 0.15) is 0 Å². The van der Waals surface area contributed by atoms with Crippen LogP contribution in [0.25, 0.3) is 0 Å². The van der Waals surface area contributed by atoms with E-state index in [1.807, 2.05) is 6.92 Å². The van der Waals surface area contributed by atoms with Crippen LogP contribution >= 0.6 is 22.7 Å². The Morgan fingerprint density at radius 3 is 2.29 bits per heavy atom. The predicted octanol–water partition coefficient (Wildman–Crippen LogP) is 3.90. The Kier molecular flexibility index (Phi) is 4.81. The first-order chi connectivity index (χ1) is 8.42. The normalized spacial score (nSPS) is 10.2. The number of hydrogen-bond donors (Lipinski definition) is 1. The number of rotatable bonds is 5. The smallest absolute Gasteiger partial charge is 0.0765 e. The molecule has 0 saturated carbocycles. The molecule has 0 unspecified atom stereocenters. The second-order valence-corrected chi connectivity index (χ2v) is 5.55. The van der Waals surface area contributed by atoms with E-state index in [1.54, 1.807) is 22.7 Å². The Labute approximate surface area is 111 Å². The average Bonchev–Trinajstić information content (AvgIpc) is 3.02. The highest BCUT2D eigenvalue weighted by Crippen LogP contribution is 2.28. The largest absolute Gasteiger partial charge is 0.304 e. The summed E-state index contributed by atoms with van der Waals surface area (Å²) >= 11 is 3.60. The van der Waals surface area contributed by atoms with Crippen LogP contribution < -0.4 is 5.32 Å². The molecule has 88 valence electrons. The number of hydrogen-bond acceptors (Lipinski definition) is 3. The van der Waals surface area contributed by atoms with E-state index in [1.165, 1.54) is 9.75 Å². The molecule has 2 aromatic rings. The zero-order valence-electron chi connectivity index (χ0n) is 9.77. The molecule has 0 bridgehead atoms. The van der Waals surface area contributed by atoms with Crippen molar-refractivity contribution in [1.29, 1.82) is 0 Å². The maximum absolute atomic E-state index is 3.58. The van der Waals surface area contributed by atoms with Crippen LogP contribution in [0, 0.1) is 11.8 Å². The molecule has 1 nitrogen and oxygen atoms in total. The molecule has 0 amide bonds. The molecule has 0 atom stereocenters. The first-order valence-electron chi connectivity index (χ1n) is 5.61. The summed E-state index contributed by atoms with van der Waals surface area (Å²) in [6.07, 6.45) is 0.906. The van der Waals surface area contributed by atoms with Gasteiger partial charge in [-0.3, -0.25) is 0 Å². The van der Waals surface area contributed by atoms with Gasteiger partial charge in [-0.05, 0) is 29.8 Å². The lowest BCUT2D eigenvalue weighted by Gasteiger charge is -2.15. The molecule has 0 fully saturated rings. The highest BCUT2D eigenvalue weighted by atomic mass is 32.1. The van der Waals surface area contributed by atoms with Crippen LogP contribution in [0.4, 0.5) is 0 Å². The molecule has 2 rings (SSSR count). The Bertz CT molecular complexity index is 440. The van der Waals surface area contributed by atoms with E-state index in [0.29, 0.717) is 6.04 Å². The second kappa shape index (κ2) is 6.61. The third-order valence-corrected chi connectivity index (χ3v) is 4.30. The Balaban J connectivity index is 2.05. The van der Waals surface area contributed by atoms with Crippen molar-refractivity contribution in [3.63, 3.8) is 0 Å². The van der Waals surface area contributed by atoms with E-state index in [4.69, 9.17) is 0 Å². The van der Waals surface area contributed by atoms with Gasteiger partial charge in [-0.15, -0.1) is 34.5 Å². The molecule has 0 saturated heterocycles. The summed E-state index contributed by atoms with van der Waals surface area (Å²) in [6, 6.07) is 8.91. The first-order valence-corrected chi connectivity index (χ1v) is 7.37. The van der Waals surface area contributed by atoms with E-state index >= 15 is 0 Å². The van der Waals surface area contributed by atoms with Crippen LogP contribution in [0.15, 0.2) is 35.0 Å². The lowest BCUT2D eigenvalue weighted by Crippen LogP contribution is -2.21. The fourth-order valence-corrected chi connectivity index (χ4v) is 3.37. The second-order valence-electron chi connectivity index (χ2n) is 3.59. The van der Waals surface area contributed by atoms with Gasteiger partial charge in [0, 0.05) is 22.7 Å². The summed E-state index contributed by atoms with van der Waals surface area (Å²) in [7, 11) is 0. The Morgan fingerprint density at radius 2 is 1.82 bits per heavy atom. The summed E-state index contributed by atoms with van der Waals surface area (Å²) in [4.78, 5) is 2.74. The summed E-state index contributed by atoms with van der Waals surface area (Å²) in [5, 5.41) is 7.83. The fraction of sp³-hybridized carbons (Fsp3) is 0.286.